The minimum absolute atomic E-state index is 0.252. The summed E-state index contributed by atoms with van der Waals surface area (Å²) in [5.74, 6) is 0.269. The molecule has 0 radical (unpaired) electrons. The molecular formula is C36H26N2O. The van der Waals surface area contributed by atoms with Gasteiger partial charge >= 0.3 is 0 Å². The average Bonchev–Trinajstić information content (AvgIpc) is 3.60. The number of benzene rings is 4. The SMILES string of the molecule is C=C/C=C1\C(=C)N2c3ccccc3C3C=C(Nc4ccc(-c5ccc6c(c5)oc5ccccc56)cc4)C=C1C32. The molecular weight excluding hydrogens is 476 g/mol. The highest BCUT2D eigenvalue weighted by Crippen LogP contribution is 2.55. The summed E-state index contributed by atoms with van der Waals surface area (Å²) in [6, 6.07) is 32.2. The van der Waals surface area contributed by atoms with Crippen LogP contribution in [-0.4, -0.2) is 6.04 Å². The topological polar surface area (TPSA) is 28.4 Å². The van der Waals surface area contributed by atoms with Gasteiger partial charge in [-0.15, -0.1) is 0 Å². The lowest BCUT2D eigenvalue weighted by atomic mass is 9.83. The summed E-state index contributed by atoms with van der Waals surface area (Å²) in [6.45, 7) is 8.40. The Morgan fingerprint density at radius 3 is 2.46 bits per heavy atom. The largest absolute Gasteiger partial charge is 0.456 e. The number of hydrogen-bond acceptors (Lipinski definition) is 3. The highest BCUT2D eigenvalue weighted by Gasteiger charge is 2.48. The van der Waals surface area contributed by atoms with Crippen molar-refractivity contribution in [3.63, 3.8) is 0 Å². The Hall–Kier alpha value is -5.02. The van der Waals surface area contributed by atoms with Gasteiger partial charge in [-0.2, -0.15) is 0 Å². The van der Waals surface area contributed by atoms with E-state index in [4.69, 9.17) is 4.42 Å². The van der Waals surface area contributed by atoms with Crippen LogP contribution in [0.25, 0.3) is 33.1 Å². The number of fused-ring (bicyclic) bond motifs is 6. The summed E-state index contributed by atoms with van der Waals surface area (Å²) in [7, 11) is 0. The molecule has 2 atom stereocenters. The number of allylic oxidation sites excluding steroid dienone is 4. The number of nitrogens with zero attached hydrogens (tertiary/aromatic N) is 1. The Labute approximate surface area is 227 Å². The van der Waals surface area contributed by atoms with Crippen molar-refractivity contribution < 1.29 is 4.42 Å². The molecule has 3 aliphatic rings. The summed E-state index contributed by atoms with van der Waals surface area (Å²) in [6.07, 6.45) is 8.58. The second-order valence-electron chi connectivity index (χ2n) is 10.4. The van der Waals surface area contributed by atoms with Crippen LogP contribution in [0.3, 0.4) is 0 Å². The molecule has 3 heteroatoms. The lowest BCUT2D eigenvalue weighted by Gasteiger charge is -2.26. The highest BCUT2D eigenvalue weighted by molar-refractivity contribution is 6.05. The Morgan fingerprint density at radius 2 is 1.59 bits per heavy atom. The summed E-state index contributed by atoms with van der Waals surface area (Å²) in [4.78, 5) is 2.39. The zero-order valence-corrected chi connectivity index (χ0v) is 21.4. The monoisotopic (exact) mass is 502 g/mol. The van der Waals surface area contributed by atoms with E-state index in [1.165, 1.54) is 22.4 Å². The predicted octanol–water partition coefficient (Wildman–Crippen LogP) is 9.10. The van der Waals surface area contributed by atoms with Crippen LogP contribution in [0.4, 0.5) is 11.4 Å². The van der Waals surface area contributed by atoms with E-state index in [2.05, 4.69) is 120 Å². The third-order valence-electron chi connectivity index (χ3n) is 8.25. The molecule has 3 heterocycles. The molecule has 1 aromatic heterocycles. The van der Waals surface area contributed by atoms with Crippen molar-refractivity contribution in [3.8, 4) is 11.1 Å². The Balaban J connectivity index is 1.12. The van der Waals surface area contributed by atoms with Gasteiger partial charge in [-0.25, -0.2) is 0 Å². The van der Waals surface area contributed by atoms with Gasteiger partial charge in [-0.3, -0.25) is 0 Å². The number of anilines is 2. The van der Waals surface area contributed by atoms with Gasteiger partial charge in [-0.1, -0.05) is 86.0 Å². The van der Waals surface area contributed by atoms with E-state index in [-0.39, 0.29) is 12.0 Å². The molecule has 3 nitrogen and oxygen atoms in total. The van der Waals surface area contributed by atoms with Gasteiger partial charge in [0, 0.05) is 45.0 Å². The standard InChI is InChI=1S/C36H26N2O/c1-3-8-27-22(2)38-33-11-6-4-9-28(33)32-21-26(20-31(27)36(32)38)37-25-16-13-23(14-17-25)24-15-18-30-29-10-5-7-12-34(29)39-35(30)19-24/h3-21,32,36-37H,1-2H2/b27-8+. The molecule has 1 fully saturated rings. The molecule has 5 aromatic rings. The van der Waals surface area contributed by atoms with Crippen molar-refractivity contribution in [1.29, 1.82) is 0 Å². The minimum atomic E-state index is 0.252. The average molecular weight is 503 g/mol. The fraction of sp³-hybridized carbons (Fsp3) is 0.0556. The molecule has 2 aliphatic heterocycles. The van der Waals surface area contributed by atoms with Gasteiger partial charge in [0.1, 0.15) is 11.2 Å². The van der Waals surface area contributed by atoms with Crippen molar-refractivity contribution in [3.05, 3.63) is 157 Å². The van der Waals surface area contributed by atoms with Crippen LogP contribution in [0, 0.1) is 0 Å². The fourth-order valence-corrected chi connectivity index (χ4v) is 6.53. The zero-order valence-electron chi connectivity index (χ0n) is 21.4. The van der Waals surface area contributed by atoms with Crippen molar-refractivity contribution in [2.75, 3.05) is 10.2 Å². The highest BCUT2D eigenvalue weighted by atomic mass is 16.3. The molecule has 1 saturated heterocycles. The third kappa shape index (κ3) is 3.23. The number of hydrogen-bond donors (Lipinski definition) is 1. The van der Waals surface area contributed by atoms with E-state index in [0.717, 1.165) is 50.1 Å². The van der Waals surface area contributed by atoms with E-state index in [9.17, 15) is 0 Å². The number of rotatable bonds is 4. The maximum atomic E-state index is 6.11. The van der Waals surface area contributed by atoms with E-state index >= 15 is 0 Å². The fourth-order valence-electron chi connectivity index (χ4n) is 6.53. The zero-order chi connectivity index (χ0) is 26.1. The van der Waals surface area contributed by atoms with Crippen molar-refractivity contribution in [2.24, 2.45) is 0 Å². The number of para-hydroxylation sites is 2. The Morgan fingerprint density at radius 1 is 0.821 bits per heavy atom. The molecule has 0 amide bonds. The van der Waals surface area contributed by atoms with Gasteiger partial charge < -0.3 is 14.6 Å². The maximum Gasteiger partial charge on any atom is 0.136 e. The molecule has 8 rings (SSSR count). The number of nitrogens with one attached hydrogen (secondary N) is 1. The van der Waals surface area contributed by atoms with Crippen molar-refractivity contribution >= 4 is 33.3 Å². The van der Waals surface area contributed by atoms with E-state index < -0.39 is 0 Å². The van der Waals surface area contributed by atoms with Gasteiger partial charge in [0.15, 0.2) is 0 Å². The minimum Gasteiger partial charge on any atom is -0.456 e. The molecule has 0 spiro atoms. The first-order valence-corrected chi connectivity index (χ1v) is 13.3. The number of furan rings is 1. The second-order valence-corrected chi connectivity index (χ2v) is 10.4. The molecule has 2 unspecified atom stereocenters. The van der Waals surface area contributed by atoms with Crippen LogP contribution in [0.15, 0.2) is 155 Å². The summed E-state index contributed by atoms with van der Waals surface area (Å²) in [5.41, 5.74) is 12.4. The quantitative estimate of drug-likeness (QED) is 0.266. The molecule has 186 valence electrons. The molecule has 4 aromatic carbocycles. The molecule has 39 heavy (non-hydrogen) atoms. The Bertz CT molecular complexity index is 1930. The molecule has 1 aliphatic carbocycles. The first-order valence-electron chi connectivity index (χ1n) is 13.3. The third-order valence-corrected chi connectivity index (χ3v) is 8.25. The lowest BCUT2D eigenvalue weighted by molar-refractivity contribution is 0.669. The second kappa shape index (κ2) is 8.24. The predicted molar refractivity (Wildman–Crippen MR) is 162 cm³/mol. The van der Waals surface area contributed by atoms with Crippen LogP contribution >= 0.6 is 0 Å². The normalized spacial score (nSPS) is 20.3. The van der Waals surface area contributed by atoms with Crippen molar-refractivity contribution in [2.45, 2.75) is 12.0 Å². The van der Waals surface area contributed by atoms with E-state index in [0.29, 0.717) is 0 Å². The van der Waals surface area contributed by atoms with E-state index in [1.807, 2.05) is 18.2 Å². The van der Waals surface area contributed by atoms with Crippen LogP contribution in [-0.2, 0) is 0 Å². The van der Waals surface area contributed by atoms with Crippen molar-refractivity contribution in [1.82, 2.24) is 0 Å². The van der Waals surface area contributed by atoms with Gasteiger partial charge in [-0.05, 0) is 64.7 Å². The van der Waals surface area contributed by atoms with Gasteiger partial charge in [0.2, 0.25) is 0 Å². The molecule has 0 saturated carbocycles. The van der Waals surface area contributed by atoms with E-state index in [1.54, 1.807) is 0 Å². The smallest absolute Gasteiger partial charge is 0.136 e. The summed E-state index contributed by atoms with van der Waals surface area (Å²) >= 11 is 0. The van der Waals surface area contributed by atoms with Crippen LogP contribution < -0.4 is 10.2 Å². The van der Waals surface area contributed by atoms with Gasteiger partial charge in [0.25, 0.3) is 0 Å². The maximum absolute atomic E-state index is 6.11. The van der Waals surface area contributed by atoms with Crippen LogP contribution in [0.1, 0.15) is 11.5 Å². The lowest BCUT2D eigenvalue weighted by Crippen LogP contribution is -2.28. The first-order chi connectivity index (χ1) is 19.2. The summed E-state index contributed by atoms with van der Waals surface area (Å²) in [5, 5.41) is 5.98. The van der Waals surface area contributed by atoms with Crippen LogP contribution in [0.2, 0.25) is 0 Å². The first kappa shape index (κ1) is 22.0. The summed E-state index contributed by atoms with van der Waals surface area (Å²) < 4.78 is 6.11. The van der Waals surface area contributed by atoms with Crippen LogP contribution in [0.5, 0.6) is 0 Å². The Kier molecular flexibility index (Phi) is 4.65. The molecule has 0 bridgehead atoms. The van der Waals surface area contributed by atoms with Gasteiger partial charge in [0.05, 0.1) is 6.04 Å². The molecule has 1 N–H and O–H groups in total.